The van der Waals surface area contributed by atoms with Crippen LogP contribution in [-0.2, 0) is 12.6 Å². The Kier molecular flexibility index (Phi) is 4.31. The molecule has 0 saturated heterocycles. The number of hydrogen-bond acceptors (Lipinski definition) is 2. The number of alkyl halides is 3. The van der Waals surface area contributed by atoms with Crippen molar-refractivity contribution < 1.29 is 22.7 Å². The lowest BCUT2D eigenvalue weighted by atomic mass is 9.98. The second-order valence-electron chi connectivity index (χ2n) is 4.49. The molecule has 0 radical (unpaired) electrons. The topological polar surface area (TPSA) is 26.3 Å². The normalized spacial score (nSPS) is 11.2. The van der Waals surface area contributed by atoms with Crippen LogP contribution in [0, 0.1) is 0 Å². The summed E-state index contributed by atoms with van der Waals surface area (Å²) >= 11 is 0. The summed E-state index contributed by atoms with van der Waals surface area (Å²) in [6.07, 6.45) is -4.62. The van der Waals surface area contributed by atoms with Crippen LogP contribution in [0.2, 0.25) is 0 Å². The first kappa shape index (κ1) is 15.1. The van der Waals surface area contributed by atoms with Gasteiger partial charge in [-0.1, -0.05) is 30.3 Å². The van der Waals surface area contributed by atoms with Crippen LogP contribution in [-0.4, -0.2) is 12.9 Å². The Labute approximate surface area is 120 Å². The van der Waals surface area contributed by atoms with Crippen LogP contribution in [0.15, 0.2) is 48.5 Å². The molecular formula is C16H13F3O2. The molecule has 0 aliphatic carbocycles. The fraction of sp³-hybridized carbons (Fsp3) is 0.188. The zero-order valence-corrected chi connectivity index (χ0v) is 11.3. The molecule has 0 aromatic heterocycles. The first-order chi connectivity index (χ1) is 9.91. The fourth-order valence-electron chi connectivity index (χ4n) is 2.00. The average Bonchev–Trinajstić information content (AvgIpc) is 2.47. The van der Waals surface area contributed by atoms with E-state index in [0.717, 1.165) is 6.07 Å². The minimum absolute atomic E-state index is 0.0862. The van der Waals surface area contributed by atoms with Crippen molar-refractivity contribution in [3.63, 3.8) is 0 Å². The first-order valence-electron chi connectivity index (χ1n) is 6.24. The smallest absolute Gasteiger partial charge is 0.417 e. The van der Waals surface area contributed by atoms with Gasteiger partial charge in [0, 0.05) is 12.0 Å². The van der Waals surface area contributed by atoms with Crippen molar-refractivity contribution in [2.45, 2.75) is 12.6 Å². The quantitative estimate of drug-likeness (QED) is 0.792. The van der Waals surface area contributed by atoms with Gasteiger partial charge in [0.2, 0.25) is 0 Å². The van der Waals surface area contributed by atoms with E-state index < -0.39 is 17.5 Å². The minimum Gasteiger partial charge on any atom is -0.497 e. The molecule has 0 aliphatic heterocycles. The summed E-state index contributed by atoms with van der Waals surface area (Å²) in [4.78, 5) is 12.1. The summed E-state index contributed by atoms with van der Waals surface area (Å²) in [5.41, 5.74) is -0.567. The largest absolute Gasteiger partial charge is 0.497 e. The van der Waals surface area contributed by atoms with E-state index in [0.29, 0.717) is 11.3 Å². The number of benzene rings is 2. The molecule has 0 amide bonds. The molecule has 0 atom stereocenters. The van der Waals surface area contributed by atoms with Gasteiger partial charge in [0.1, 0.15) is 5.75 Å². The summed E-state index contributed by atoms with van der Waals surface area (Å²) in [6.45, 7) is 0. The molecule has 0 bridgehead atoms. The molecule has 2 nitrogen and oxygen atoms in total. The van der Waals surface area contributed by atoms with Crippen LogP contribution in [0.3, 0.4) is 0 Å². The molecular weight excluding hydrogens is 281 g/mol. The van der Waals surface area contributed by atoms with Crippen LogP contribution in [0.25, 0.3) is 0 Å². The minimum atomic E-state index is -4.54. The number of ketones is 1. The molecule has 0 saturated carbocycles. The van der Waals surface area contributed by atoms with Gasteiger partial charge < -0.3 is 4.74 Å². The third-order valence-electron chi connectivity index (χ3n) is 3.06. The summed E-state index contributed by atoms with van der Waals surface area (Å²) in [7, 11) is 1.51. The van der Waals surface area contributed by atoms with Gasteiger partial charge in [-0.05, 0) is 23.8 Å². The number of methoxy groups -OCH3 is 1. The van der Waals surface area contributed by atoms with E-state index in [4.69, 9.17) is 4.74 Å². The van der Waals surface area contributed by atoms with E-state index in [-0.39, 0.29) is 12.0 Å². The predicted octanol–water partition coefficient (Wildman–Crippen LogP) is 4.14. The number of halogens is 3. The SMILES string of the molecule is COc1ccc(CC(=O)c2ccccc2C(F)(F)F)cc1. The Morgan fingerprint density at radius 3 is 2.24 bits per heavy atom. The highest BCUT2D eigenvalue weighted by Gasteiger charge is 2.34. The molecule has 21 heavy (non-hydrogen) atoms. The highest BCUT2D eigenvalue weighted by Crippen LogP contribution is 2.32. The maximum Gasteiger partial charge on any atom is 0.417 e. The predicted molar refractivity (Wildman–Crippen MR) is 72.5 cm³/mol. The zero-order valence-electron chi connectivity index (χ0n) is 11.3. The van der Waals surface area contributed by atoms with Gasteiger partial charge in [0.15, 0.2) is 5.78 Å². The summed E-state index contributed by atoms with van der Waals surface area (Å²) in [6, 6.07) is 11.5. The van der Waals surface area contributed by atoms with Crippen molar-refractivity contribution >= 4 is 5.78 Å². The molecule has 0 unspecified atom stereocenters. The zero-order chi connectivity index (χ0) is 15.5. The summed E-state index contributed by atoms with van der Waals surface area (Å²) in [5, 5.41) is 0. The van der Waals surface area contributed by atoms with E-state index in [1.165, 1.54) is 25.3 Å². The van der Waals surface area contributed by atoms with Gasteiger partial charge >= 0.3 is 6.18 Å². The van der Waals surface area contributed by atoms with Crippen molar-refractivity contribution in [2.24, 2.45) is 0 Å². The maximum absolute atomic E-state index is 12.9. The van der Waals surface area contributed by atoms with E-state index in [1.54, 1.807) is 24.3 Å². The van der Waals surface area contributed by atoms with E-state index >= 15 is 0 Å². The third kappa shape index (κ3) is 3.62. The number of carbonyl (C=O) groups excluding carboxylic acids is 1. The van der Waals surface area contributed by atoms with E-state index in [9.17, 15) is 18.0 Å². The number of Topliss-reactive ketones (excluding diaryl/α,β-unsaturated/α-hetero) is 1. The maximum atomic E-state index is 12.9. The van der Waals surface area contributed by atoms with Crippen molar-refractivity contribution in [3.8, 4) is 5.75 Å². The van der Waals surface area contributed by atoms with Gasteiger partial charge in [-0.2, -0.15) is 13.2 Å². The summed E-state index contributed by atoms with van der Waals surface area (Å²) in [5.74, 6) is 0.0648. The highest BCUT2D eigenvalue weighted by molar-refractivity contribution is 5.99. The standard InChI is InChI=1S/C16H13F3O2/c1-21-12-8-6-11(7-9-12)10-15(20)13-4-2-3-5-14(13)16(17,18)19/h2-9H,10H2,1H3. The van der Waals surface area contributed by atoms with Crippen LogP contribution >= 0.6 is 0 Å². The summed E-state index contributed by atoms with van der Waals surface area (Å²) < 4.78 is 43.6. The second-order valence-corrected chi connectivity index (χ2v) is 4.49. The lowest BCUT2D eigenvalue weighted by Crippen LogP contribution is -2.14. The van der Waals surface area contributed by atoms with Gasteiger partial charge in [0.25, 0.3) is 0 Å². The molecule has 0 spiro atoms. The molecule has 2 rings (SSSR count). The molecule has 0 fully saturated rings. The molecule has 2 aromatic rings. The van der Waals surface area contributed by atoms with Crippen molar-refractivity contribution in [3.05, 3.63) is 65.2 Å². The Balaban J connectivity index is 2.24. The number of rotatable bonds is 4. The number of carbonyl (C=O) groups is 1. The Bertz CT molecular complexity index is 631. The average molecular weight is 294 g/mol. The molecule has 110 valence electrons. The van der Waals surface area contributed by atoms with Crippen LogP contribution in [0.4, 0.5) is 13.2 Å². The van der Waals surface area contributed by atoms with Crippen LogP contribution in [0.1, 0.15) is 21.5 Å². The van der Waals surface area contributed by atoms with Crippen molar-refractivity contribution in [2.75, 3.05) is 7.11 Å². The highest BCUT2D eigenvalue weighted by atomic mass is 19.4. The molecule has 0 aliphatic rings. The molecule has 2 aromatic carbocycles. The second kappa shape index (κ2) is 5.99. The Morgan fingerprint density at radius 2 is 1.67 bits per heavy atom. The lowest BCUT2D eigenvalue weighted by Gasteiger charge is -2.11. The number of hydrogen-bond donors (Lipinski definition) is 0. The van der Waals surface area contributed by atoms with Crippen molar-refractivity contribution in [1.82, 2.24) is 0 Å². The van der Waals surface area contributed by atoms with Crippen molar-refractivity contribution in [1.29, 1.82) is 0 Å². The fourth-order valence-corrected chi connectivity index (χ4v) is 2.00. The lowest BCUT2D eigenvalue weighted by molar-refractivity contribution is -0.137. The van der Waals surface area contributed by atoms with E-state index in [1.807, 2.05) is 0 Å². The molecule has 0 N–H and O–H groups in total. The monoisotopic (exact) mass is 294 g/mol. The molecule has 0 heterocycles. The van der Waals surface area contributed by atoms with Gasteiger partial charge in [0.05, 0.1) is 12.7 Å². The molecule has 5 heteroatoms. The van der Waals surface area contributed by atoms with Crippen LogP contribution in [0.5, 0.6) is 5.75 Å². The van der Waals surface area contributed by atoms with Gasteiger partial charge in [-0.3, -0.25) is 4.79 Å². The third-order valence-corrected chi connectivity index (χ3v) is 3.06. The van der Waals surface area contributed by atoms with Crippen LogP contribution < -0.4 is 4.74 Å². The Morgan fingerprint density at radius 1 is 1.05 bits per heavy atom. The van der Waals surface area contributed by atoms with Gasteiger partial charge in [-0.15, -0.1) is 0 Å². The Hall–Kier alpha value is -2.30. The van der Waals surface area contributed by atoms with E-state index in [2.05, 4.69) is 0 Å². The van der Waals surface area contributed by atoms with Gasteiger partial charge in [-0.25, -0.2) is 0 Å². The first-order valence-corrected chi connectivity index (χ1v) is 6.24. The number of ether oxygens (including phenoxy) is 1.